The van der Waals surface area contributed by atoms with Crippen molar-refractivity contribution in [1.29, 1.82) is 0 Å². The molecule has 0 saturated carbocycles. The molecule has 3 aromatic heterocycles. The number of nitrogens with zero attached hydrogens (tertiary/aromatic N) is 4. The topological polar surface area (TPSA) is 94.2 Å². The maximum Gasteiger partial charge on any atom is 0.266 e. The maximum absolute atomic E-state index is 13.3. The molecule has 1 saturated heterocycles. The summed E-state index contributed by atoms with van der Waals surface area (Å²) in [4.78, 5) is 17.7. The second-order valence-electron chi connectivity index (χ2n) is 8.26. The maximum atomic E-state index is 13.3. The largest absolute Gasteiger partial charge is 0.394 e. The lowest BCUT2D eigenvalue weighted by Crippen LogP contribution is -2.33. The molecule has 5 rings (SSSR count). The fourth-order valence-electron chi connectivity index (χ4n) is 4.25. The van der Waals surface area contributed by atoms with Gasteiger partial charge in [0.15, 0.2) is 0 Å². The summed E-state index contributed by atoms with van der Waals surface area (Å²) < 4.78 is 8.67. The second kappa shape index (κ2) is 9.76. The summed E-state index contributed by atoms with van der Waals surface area (Å²) >= 11 is 12.7. The molecule has 0 radical (unpaired) electrons. The fourth-order valence-corrected chi connectivity index (χ4v) is 4.64. The standard InChI is InChI=1S/C24H23Cl2N5O3/c25-18-4-2-1-3-15(18)12-31-21-5-7-30(24(33)17(21)10-28-31)22-9-23(27-11-19(22)26)29-20(13-32)16-6-8-34-14-16/h1-5,7,9-11,16,20,32H,6,8,12-14H2,(H,27,29)/t16?,20-/m1/s1. The summed E-state index contributed by atoms with van der Waals surface area (Å²) in [6, 6.07) is 10.9. The predicted molar refractivity (Wildman–Crippen MR) is 132 cm³/mol. The normalized spacial score (nSPS) is 16.7. The molecule has 0 spiro atoms. The van der Waals surface area contributed by atoms with Crippen LogP contribution in [0.5, 0.6) is 0 Å². The molecule has 0 aliphatic carbocycles. The average molecular weight is 500 g/mol. The lowest BCUT2D eigenvalue weighted by Gasteiger charge is -2.22. The first-order valence-electron chi connectivity index (χ1n) is 11.0. The SMILES string of the molecule is O=c1c2cnn(Cc3ccccc3Cl)c2ccn1-c1cc(N[C@H](CO)C2CCOC2)ncc1Cl. The van der Waals surface area contributed by atoms with Gasteiger partial charge in [-0.05, 0) is 24.1 Å². The Morgan fingerprint density at radius 2 is 2.06 bits per heavy atom. The van der Waals surface area contributed by atoms with Gasteiger partial charge >= 0.3 is 0 Å². The first-order chi connectivity index (χ1) is 16.5. The molecule has 2 N–H and O–H groups in total. The highest BCUT2D eigenvalue weighted by Gasteiger charge is 2.25. The Morgan fingerprint density at radius 3 is 2.82 bits per heavy atom. The molecule has 0 bridgehead atoms. The minimum Gasteiger partial charge on any atom is -0.394 e. The minimum absolute atomic E-state index is 0.0514. The van der Waals surface area contributed by atoms with Crippen LogP contribution >= 0.6 is 23.2 Å². The molecule has 0 amide bonds. The number of halogens is 2. The zero-order chi connectivity index (χ0) is 23.7. The molecular weight excluding hydrogens is 477 g/mol. The number of aliphatic hydroxyl groups is 1. The first-order valence-corrected chi connectivity index (χ1v) is 11.7. The summed E-state index contributed by atoms with van der Waals surface area (Å²) in [6.07, 6.45) is 5.60. The van der Waals surface area contributed by atoms with Crippen LogP contribution in [0.3, 0.4) is 0 Å². The number of nitrogens with one attached hydrogen (secondary N) is 1. The zero-order valence-electron chi connectivity index (χ0n) is 18.2. The Kier molecular flexibility index (Phi) is 6.56. The van der Waals surface area contributed by atoms with E-state index in [2.05, 4.69) is 15.4 Å². The van der Waals surface area contributed by atoms with Crippen molar-refractivity contribution in [3.63, 3.8) is 0 Å². The summed E-state index contributed by atoms with van der Waals surface area (Å²) in [5.74, 6) is 0.709. The van der Waals surface area contributed by atoms with Crippen molar-refractivity contribution in [2.75, 3.05) is 25.1 Å². The summed E-state index contributed by atoms with van der Waals surface area (Å²) in [7, 11) is 0. The molecule has 1 aromatic carbocycles. The number of aromatic nitrogens is 4. The van der Waals surface area contributed by atoms with Crippen LogP contribution in [0, 0.1) is 5.92 Å². The van der Waals surface area contributed by atoms with Crippen LogP contribution in [0.25, 0.3) is 16.6 Å². The molecule has 8 nitrogen and oxygen atoms in total. The first kappa shape index (κ1) is 22.9. The third kappa shape index (κ3) is 4.42. The van der Waals surface area contributed by atoms with Crippen LogP contribution in [0.2, 0.25) is 10.0 Å². The number of pyridine rings is 2. The highest BCUT2D eigenvalue weighted by molar-refractivity contribution is 6.32. The van der Waals surface area contributed by atoms with Gasteiger partial charge in [-0.25, -0.2) is 4.98 Å². The van der Waals surface area contributed by atoms with Gasteiger partial charge in [0.1, 0.15) is 5.82 Å². The Bertz CT molecular complexity index is 1380. The van der Waals surface area contributed by atoms with E-state index in [9.17, 15) is 9.90 Å². The van der Waals surface area contributed by atoms with Gasteiger partial charge in [-0.15, -0.1) is 0 Å². The van der Waals surface area contributed by atoms with Crippen molar-refractivity contribution >= 4 is 39.9 Å². The number of rotatable bonds is 7. The van der Waals surface area contributed by atoms with Gasteiger partial charge in [0.05, 0.1) is 59.8 Å². The van der Waals surface area contributed by atoms with Crippen molar-refractivity contribution in [3.8, 4) is 5.69 Å². The number of hydrogen-bond donors (Lipinski definition) is 2. The van der Waals surface area contributed by atoms with Gasteiger partial charge in [-0.1, -0.05) is 41.4 Å². The van der Waals surface area contributed by atoms with E-state index in [4.69, 9.17) is 27.9 Å². The van der Waals surface area contributed by atoms with E-state index in [-0.39, 0.29) is 24.1 Å². The summed E-state index contributed by atoms with van der Waals surface area (Å²) in [6.45, 7) is 1.67. The number of ether oxygens (including phenoxy) is 1. The van der Waals surface area contributed by atoms with Crippen molar-refractivity contribution in [2.24, 2.45) is 5.92 Å². The molecule has 34 heavy (non-hydrogen) atoms. The van der Waals surface area contributed by atoms with Gasteiger partial charge in [-0.2, -0.15) is 5.10 Å². The number of aliphatic hydroxyl groups excluding tert-OH is 1. The molecule has 1 aliphatic rings. The highest BCUT2D eigenvalue weighted by Crippen LogP contribution is 2.25. The van der Waals surface area contributed by atoms with E-state index in [0.717, 1.165) is 12.0 Å². The predicted octanol–water partition coefficient (Wildman–Crippen LogP) is 3.75. The van der Waals surface area contributed by atoms with E-state index < -0.39 is 0 Å². The third-order valence-corrected chi connectivity index (χ3v) is 6.81. The van der Waals surface area contributed by atoms with Gasteiger partial charge in [0, 0.05) is 29.8 Å². The highest BCUT2D eigenvalue weighted by atomic mass is 35.5. The van der Waals surface area contributed by atoms with Crippen molar-refractivity contribution in [1.82, 2.24) is 19.3 Å². The van der Waals surface area contributed by atoms with Gasteiger partial charge < -0.3 is 15.2 Å². The lowest BCUT2D eigenvalue weighted by molar-refractivity contribution is 0.169. The average Bonchev–Trinajstić information content (AvgIpc) is 3.52. The smallest absolute Gasteiger partial charge is 0.266 e. The quantitative estimate of drug-likeness (QED) is 0.402. The molecule has 10 heteroatoms. The van der Waals surface area contributed by atoms with Crippen LogP contribution in [-0.4, -0.2) is 50.3 Å². The Balaban J connectivity index is 1.47. The van der Waals surface area contributed by atoms with Gasteiger partial charge in [-0.3, -0.25) is 14.0 Å². The molecule has 2 atom stereocenters. The van der Waals surface area contributed by atoms with Crippen molar-refractivity contribution < 1.29 is 9.84 Å². The van der Waals surface area contributed by atoms with Crippen molar-refractivity contribution in [2.45, 2.75) is 19.0 Å². The van der Waals surface area contributed by atoms with Gasteiger partial charge in [0.2, 0.25) is 0 Å². The fraction of sp³-hybridized carbons (Fsp3) is 0.292. The van der Waals surface area contributed by atoms with E-state index in [0.29, 0.717) is 52.2 Å². The number of anilines is 1. The van der Waals surface area contributed by atoms with Gasteiger partial charge in [0.25, 0.3) is 5.56 Å². The van der Waals surface area contributed by atoms with Crippen LogP contribution in [0.1, 0.15) is 12.0 Å². The van der Waals surface area contributed by atoms with E-state index >= 15 is 0 Å². The van der Waals surface area contributed by atoms with Crippen LogP contribution in [0.4, 0.5) is 5.82 Å². The van der Waals surface area contributed by atoms with Crippen molar-refractivity contribution in [3.05, 3.63) is 81.0 Å². The number of hydrogen-bond acceptors (Lipinski definition) is 6. The molecule has 4 aromatic rings. The summed E-state index contributed by atoms with van der Waals surface area (Å²) in [5, 5.41) is 18.9. The number of fused-ring (bicyclic) bond motifs is 1. The Morgan fingerprint density at radius 1 is 1.21 bits per heavy atom. The molecule has 1 fully saturated rings. The van der Waals surface area contributed by atoms with E-state index in [1.54, 1.807) is 23.1 Å². The number of benzene rings is 1. The van der Waals surface area contributed by atoms with Crippen LogP contribution in [-0.2, 0) is 11.3 Å². The van der Waals surface area contributed by atoms with E-state index in [1.165, 1.54) is 10.8 Å². The van der Waals surface area contributed by atoms with E-state index in [1.807, 2.05) is 30.3 Å². The minimum atomic E-state index is -0.246. The molecular formula is C24H23Cl2N5O3. The Labute approximate surface area is 205 Å². The van der Waals surface area contributed by atoms with Crippen LogP contribution in [0.15, 0.2) is 59.8 Å². The molecule has 1 aliphatic heterocycles. The second-order valence-corrected chi connectivity index (χ2v) is 9.08. The molecule has 176 valence electrons. The van der Waals surface area contributed by atoms with Crippen LogP contribution < -0.4 is 10.9 Å². The Hall–Kier alpha value is -2.91. The monoisotopic (exact) mass is 499 g/mol. The molecule has 4 heterocycles. The third-order valence-electron chi connectivity index (χ3n) is 6.15. The summed E-state index contributed by atoms with van der Waals surface area (Å²) in [5.41, 5.74) is 1.86. The molecule has 1 unspecified atom stereocenters. The lowest BCUT2D eigenvalue weighted by atomic mass is 10.00. The zero-order valence-corrected chi connectivity index (χ0v) is 19.7.